The molecule has 0 spiro atoms. The van der Waals surface area contributed by atoms with Crippen molar-refractivity contribution in [3.05, 3.63) is 0 Å². The summed E-state index contributed by atoms with van der Waals surface area (Å²) in [7, 11) is 0. The summed E-state index contributed by atoms with van der Waals surface area (Å²) in [4.78, 5) is 0. The molecule has 1 N–H and O–H groups in total. The third-order valence-corrected chi connectivity index (χ3v) is 2.59. The van der Waals surface area contributed by atoms with Crippen LogP contribution in [0, 0.1) is 5.92 Å². The van der Waals surface area contributed by atoms with E-state index in [1.54, 1.807) is 0 Å². The largest absolute Gasteiger partial charge is 0.344 e. The minimum Gasteiger partial charge on any atom is -0.344 e. The van der Waals surface area contributed by atoms with E-state index < -0.39 is 0 Å². The van der Waals surface area contributed by atoms with Crippen molar-refractivity contribution < 1.29 is 9.47 Å². The van der Waals surface area contributed by atoms with Gasteiger partial charge in [-0.1, -0.05) is 6.92 Å². The van der Waals surface area contributed by atoms with E-state index in [-0.39, 0.29) is 11.9 Å². The zero-order valence-corrected chi connectivity index (χ0v) is 7.96. The fraction of sp³-hybridized carbons (Fsp3) is 1.00. The molecule has 12 heavy (non-hydrogen) atoms. The lowest BCUT2D eigenvalue weighted by Crippen LogP contribution is -2.47. The molecule has 0 saturated carbocycles. The molecule has 3 nitrogen and oxygen atoms in total. The van der Waals surface area contributed by atoms with E-state index in [9.17, 15) is 0 Å². The van der Waals surface area contributed by atoms with Crippen molar-refractivity contribution >= 4 is 0 Å². The average molecular weight is 171 g/mol. The summed E-state index contributed by atoms with van der Waals surface area (Å²) in [5.41, 5.74) is 0. The van der Waals surface area contributed by atoms with Crippen molar-refractivity contribution in [2.75, 3.05) is 13.1 Å². The highest BCUT2D eigenvalue weighted by Gasteiger charge is 2.45. The summed E-state index contributed by atoms with van der Waals surface area (Å²) >= 11 is 0. The lowest BCUT2D eigenvalue weighted by molar-refractivity contribution is -0.147. The van der Waals surface area contributed by atoms with Crippen molar-refractivity contribution in [3.8, 4) is 0 Å². The van der Waals surface area contributed by atoms with Crippen LogP contribution in [-0.2, 0) is 9.47 Å². The molecule has 2 rings (SSSR count). The number of rotatable bonds is 0. The summed E-state index contributed by atoms with van der Waals surface area (Å²) < 4.78 is 11.5. The first-order valence-electron chi connectivity index (χ1n) is 4.65. The molecule has 2 fully saturated rings. The molecule has 0 aliphatic carbocycles. The van der Waals surface area contributed by atoms with Gasteiger partial charge >= 0.3 is 0 Å². The van der Waals surface area contributed by atoms with Crippen molar-refractivity contribution in [1.29, 1.82) is 0 Å². The van der Waals surface area contributed by atoms with Gasteiger partial charge in [0.2, 0.25) is 0 Å². The van der Waals surface area contributed by atoms with E-state index in [0.717, 1.165) is 13.1 Å². The lowest BCUT2D eigenvalue weighted by Gasteiger charge is -2.29. The lowest BCUT2D eigenvalue weighted by atomic mass is 9.96. The second-order valence-electron chi connectivity index (χ2n) is 4.27. The molecule has 3 heteroatoms. The standard InChI is InChI=1S/C9H17NO2/c1-6-4-10-5-7-8(6)12-9(2,3)11-7/h6-8,10H,4-5H2,1-3H3/t6-,7+,8-/m1/s1. The third-order valence-electron chi connectivity index (χ3n) is 2.59. The van der Waals surface area contributed by atoms with Gasteiger partial charge in [-0.25, -0.2) is 0 Å². The monoisotopic (exact) mass is 171 g/mol. The number of hydrogen-bond acceptors (Lipinski definition) is 3. The normalized spacial score (nSPS) is 45.8. The van der Waals surface area contributed by atoms with Crippen LogP contribution in [-0.4, -0.2) is 31.1 Å². The van der Waals surface area contributed by atoms with Gasteiger partial charge in [0.05, 0.1) is 12.2 Å². The molecule has 2 heterocycles. The Morgan fingerprint density at radius 1 is 1.25 bits per heavy atom. The highest BCUT2D eigenvalue weighted by atomic mass is 16.8. The molecule has 2 saturated heterocycles. The van der Waals surface area contributed by atoms with Crippen LogP contribution in [0.1, 0.15) is 20.8 Å². The number of fused-ring (bicyclic) bond motifs is 1. The average Bonchev–Trinajstić information content (AvgIpc) is 2.25. The Bertz CT molecular complexity index is 181. The molecule has 2 aliphatic heterocycles. The van der Waals surface area contributed by atoms with E-state index in [1.165, 1.54) is 0 Å². The quantitative estimate of drug-likeness (QED) is 0.583. The number of nitrogens with one attached hydrogen (secondary N) is 1. The Morgan fingerprint density at radius 2 is 2.00 bits per heavy atom. The molecular weight excluding hydrogens is 154 g/mol. The first kappa shape index (κ1) is 8.48. The maximum absolute atomic E-state index is 5.80. The van der Waals surface area contributed by atoms with Crippen LogP contribution in [0.2, 0.25) is 0 Å². The highest BCUT2D eigenvalue weighted by Crippen LogP contribution is 2.33. The van der Waals surface area contributed by atoms with Gasteiger partial charge in [0.15, 0.2) is 5.79 Å². The number of piperidine rings is 1. The SMILES string of the molecule is C[C@@H]1CNC[C@@H]2OC(C)(C)O[C@H]12. The zero-order valence-electron chi connectivity index (χ0n) is 7.96. The van der Waals surface area contributed by atoms with Gasteiger partial charge in [-0.15, -0.1) is 0 Å². The second-order valence-corrected chi connectivity index (χ2v) is 4.27. The molecule has 0 aromatic rings. The maximum atomic E-state index is 5.80. The minimum atomic E-state index is -0.379. The topological polar surface area (TPSA) is 30.5 Å². The fourth-order valence-corrected chi connectivity index (χ4v) is 2.07. The van der Waals surface area contributed by atoms with Gasteiger partial charge in [-0.05, 0) is 19.8 Å². The maximum Gasteiger partial charge on any atom is 0.163 e. The zero-order chi connectivity index (χ0) is 8.77. The summed E-state index contributed by atoms with van der Waals surface area (Å²) in [6.45, 7) is 8.14. The predicted octanol–water partition coefficient (Wildman–Crippen LogP) is 0.746. The van der Waals surface area contributed by atoms with Gasteiger partial charge < -0.3 is 14.8 Å². The summed E-state index contributed by atoms with van der Waals surface area (Å²) in [6.07, 6.45) is 0.546. The Morgan fingerprint density at radius 3 is 2.67 bits per heavy atom. The molecule has 3 atom stereocenters. The van der Waals surface area contributed by atoms with Crippen molar-refractivity contribution in [3.63, 3.8) is 0 Å². The van der Waals surface area contributed by atoms with Crippen molar-refractivity contribution in [2.24, 2.45) is 5.92 Å². The van der Waals surface area contributed by atoms with Crippen LogP contribution in [0.5, 0.6) is 0 Å². The van der Waals surface area contributed by atoms with Crippen LogP contribution < -0.4 is 5.32 Å². The summed E-state index contributed by atoms with van der Waals surface area (Å²) in [5.74, 6) is 0.181. The Hall–Kier alpha value is -0.120. The predicted molar refractivity (Wildman–Crippen MR) is 45.9 cm³/mol. The van der Waals surface area contributed by atoms with Gasteiger partial charge in [0, 0.05) is 13.1 Å². The fourth-order valence-electron chi connectivity index (χ4n) is 2.07. The van der Waals surface area contributed by atoms with Crippen molar-refractivity contribution in [2.45, 2.75) is 38.8 Å². The first-order valence-corrected chi connectivity index (χ1v) is 4.65. The van der Waals surface area contributed by atoms with Gasteiger partial charge in [-0.3, -0.25) is 0 Å². The first-order chi connectivity index (χ1) is 5.58. The van der Waals surface area contributed by atoms with E-state index >= 15 is 0 Å². The summed E-state index contributed by atoms with van der Waals surface area (Å²) in [5, 5.41) is 3.34. The third kappa shape index (κ3) is 1.37. The second kappa shape index (κ2) is 2.69. The van der Waals surface area contributed by atoms with Crippen LogP contribution in [0.4, 0.5) is 0 Å². The molecule has 0 amide bonds. The minimum absolute atomic E-state index is 0.253. The molecular formula is C9H17NO2. The molecule has 70 valence electrons. The molecule has 0 bridgehead atoms. The van der Waals surface area contributed by atoms with E-state index in [4.69, 9.17) is 9.47 Å². The summed E-state index contributed by atoms with van der Waals surface area (Å²) in [6, 6.07) is 0. The Balaban J connectivity index is 2.09. The molecule has 0 aromatic heterocycles. The number of ether oxygens (including phenoxy) is 2. The van der Waals surface area contributed by atoms with Gasteiger partial charge in [0.25, 0.3) is 0 Å². The van der Waals surface area contributed by atoms with E-state index in [2.05, 4.69) is 12.2 Å². The molecule has 2 aliphatic rings. The van der Waals surface area contributed by atoms with E-state index in [1.807, 2.05) is 13.8 Å². The Labute approximate surface area is 73.4 Å². The van der Waals surface area contributed by atoms with Crippen molar-refractivity contribution in [1.82, 2.24) is 5.32 Å². The highest BCUT2D eigenvalue weighted by molar-refractivity contribution is 4.90. The van der Waals surface area contributed by atoms with Crippen LogP contribution >= 0.6 is 0 Å². The van der Waals surface area contributed by atoms with Gasteiger partial charge in [-0.2, -0.15) is 0 Å². The number of hydrogen-bond donors (Lipinski definition) is 1. The van der Waals surface area contributed by atoms with E-state index in [0.29, 0.717) is 12.0 Å². The van der Waals surface area contributed by atoms with Crippen LogP contribution in [0.3, 0.4) is 0 Å². The molecule has 0 unspecified atom stereocenters. The van der Waals surface area contributed by atoms with Crippen LogP contribution in [0.25, 0.3) is 0 Å². The molecule has 0 aromatic carbocycles. The van der Waals surface area contributed by atoms with Gasteiger partial charge in [0.1, 0.15) is 0 Å². The Kier molecular flexibility index (Phi) is 1.90. The molecule has 0 radical (unpaired) electrons. The smallest absolute Gasteiger partial charge is 0.163 e. The van der Waals surface area contributed by atoms with Crippen LogP contribution in [0.15, 0.2) is 0 Å².